The van der Waals surface area contributed by atoms with Gasteiger partial charge in [0.05, 0.1) is 11.6 Å². The minimum Gasteiger partial charge on any atom is -0.444 e. The zero-order valence-electron chi connectivity index (χ0n) is 13.5. The van der Waals surface area contributed by atoms with Gasteiger partial charge < -0.3 is 14.5 Å². The number of carbonyl (C=O) groups excluding carboxylic acids is 1. The topological polar surface area (TPSA) is 69.5 Å². The van der Waals surface area contributed by atoms with E-state index in [2.05, 4.69) is 11.1 Å². The fourth-order valence-corrected chi connectivity index (χ4v) is 2.42. The molecule has 0 saturated carbocycles. The molecule has 1 aromatic rings. The molecule has 1 atom stereocenters. The number of amides is 1. The molecule has 0 spiro atoms. The fourth-order valence-electron chi connectivity index (χ4n) is 2.42. The standard InChI is InChI=1S/C16H22N4O2/c1-16(2,3)22-15(21)20-8-6-13(11-20)19(4)14-9-12(10-17)5-7-18-14/h5,7,9,13H,6,8,11H2,1-4H3/t13-/m1/s1. The third kappa shape index (κ3) is 3.88. The molecule has 1 fully saturated rings. The maximum atomic E-state index is 12.1. The second kappa shape index (κ2) is 6.22. The van der Waals surface area contributed by atoms with Crippen molar-refractivity contribution in [1.82, 2.24) is 9.88 Å². The Morgan fingerprint density at radius 2 is 2.27 bits per heavy atom. The Balaban J connectivity index is 2.00. The minimum atomic E-state index is -0.482. The lowest BCUT2D eigenvalue weighted by molar-refractivity contribution is 0.0292. The van der Waals surface area contributed by atoms with Gasteiger partial charge in [-0.3, -0.25) is 0 Å². The van der Waals surface area contributed by atoms with E-state index in [0.717, 1.165) is 12.2 Å². The van der Waals surface area contributed by atoms with Crippen LogP contribution >= 0.6 is 0 Å². The number of anilines is 1. The summed E-state index contributed by atoms with van der Waals surface area (Å²) in [6, 6.07) is 5.73. The first kappa shape index (κ1) is 16.1. The van der Waals surface area contributed by atoms with Crippen molar-refractivity contribution < 1.29 is 9.53 Å². The number of aromatic nitrogens is 1. The second-order valence-corrected chi connectivity index (χ2v) is 6.49. The Hall–Kier alpha value is -2.29. The number of ether oxygens (including phenoxy) is 1. The average Bonchev–Trinajstić information content (AvgIpc) is 2.94. The van der Waals surface area contributed by atoms with E-state index in [1.807, 2.05) is 32.7 Å². The number of hydrogen-bond acceptors (Lipinski definition) is 5. The van der Waals surface area contributed by atoms with Gasteiger partial charge in [-0.25, -0.2) is 9.78 Å². The molecule has 0 N–H and O–H groups in total. The smallest absolute Gasteiger partial charge is 0.410 e. The van der Waals surface area contributed by atoms with Gasteiger partial charge in [0, 0.05) is 32.4 Å². The molecule has 0 radical (unpaired) electrons. The zero-order chi connectivity index (χ0) is 16.3. The lowest BCUT2D eigenvalue weighted by Gasteiger charge is -2.27. The normalized spacial score (nSPS) is 18.0. The predicted molar refractivity (Wildman–Crippen MR) is 83.6 cm³/mol. The second-order valence-electron chi connectivity index (χ2n) is 6.49. The first-order chi connectivity index (χ1) is 10.3. The molecule has 0 aliphatic carbocycles. The zero-order valence-corrected chi connectivity index (χ0v) is 13.5. The van der Waals surface area contributed by atoms with Crippen LogP contribution in [-0.2, 0) is 4.74 Å². The van der Waals surface area contributed by atoms with E-state index in [-0.39, 0.29) is 12.1 Å². The molecule has 1 saturated heterocycles. The summed E-state index contributed by atoms with van der Waals surface area (Å²) in [6.07, 6.45) is 2.21. The molecular weight excluding hydrogens is 280 g/mol. The summed E-state index contributed by atoms with van der Waals surface area (Å²) >= 11 is 0. The maximum Gasteiger partial charge on any atom is 0.410 e. The highest BCUT2D eigenvalue weighted by atomic mass is 16.6. The number of likely N-dealkylation sites (N-methyl/N-ethyl adjacent to an activating group) is 1. The number of hydrogen-bond donors (Lipinski definition) is 0. The summed E-state index contributed by atoms with van der Waals surface area (Å²) < 4.78 is 5.40. The van der Waals surface area contributed by atoms with E-state index in [9.17, 15) is 4.79 Å². The first-order valence-corrected chi connectivity index (χ1v) is 7.37. The van der Waals surface area contributed by atoms with Crippen molar-refractivity contribution in [2.24, 2.45) is 0 Å². The molecule has 0 bridgehead atoms. The Kier molecular flexibility index (Phi) is 4.55. The van der Waals surface area contributed by atoms with Crippen molar-refractivity contribution in [2.45, 2.75) is 38.8 Å². The molecule has 0 aromatic carbocycles. The molecular formula is C16H22N4O2. The quantitative estimate of drug-likeness (QED) is 0.839. The summed E-state index contributed by atoms with van der Waals surface area (Å²) in [4.78, 5) is 20.1. The van der Waals surface area contributed by atoms with Gasteiger partial charge in [0.1, 0.15) is 11.4 Å². The number of rotatable bonds is 2. The number of carbonyl (C=O) groups is 1. The Bertz CT molecular complexity index is 589. The van der Waals surface area contributed by atoms with E-state index in [0.29, 0.717) is 18.7 Å². The Morgan fingerprint density at radius 1 is 1.55 bits per heavy atom. The van der Waals surface area contributed by atoms with E-state index in [1.54, 1.807) is 23.2 Å². The van der Waals surface area contributed by atoms with E-state index < -0.39 is 5.60 Å². The molecule has 1 aromatic heterocycles. The van der Waals surface area contributed by atoms with Crippen LogP contribution in [0.25, 0.3) is 0 Å². The summed E-state index contributed by atoms with van der Waals surface area (Å²) in [5.74, 6) is 0.745. The van der Waals surface area contributed by atoms with Gasteiger partial charge in [-0.1, -0.05) is 0 Å². The number of nitrogens with zero attached hydrogens (tertiary/aromatic N) is 4. The molecule has 2 heterocycles. The van der Waals surface area contributed by atoms with Crippen molar-refractivity contribution in [3.8, 4) is 6.07 Å². The van der Waals surface area contributed by atoms with E-state index >= 15 is 0 Å². The summed E-state index contributed by atoms with van der Waals surface area (Å²) in [5, 5.41) is 8.97. The Labute approximate surface area is 131 Å². The predicted octanol–water partition coefficient (Wildman–Crippen LogP) is 2.40. The summed E-state index contributed by atoms with van der Waals surface area (Å²) in [6.45, 7) is 6.86. The summed E-state index contributed by atoms with van der Waals surface area (Å²) in [7, 11) is 1.94. The van der Waals surface area contributed by atoms with Crippen LogP contribution in [0, 0.1) is 11.3 Å². The van der Waals surface area contributed by atoms with Crippen LogP contribution in [0.15, 0.2) is 18.3 Å². The molecule has 118 valence electrons. The van der Waals surface area contributed by atoms with Gasteiger partial charge in [0.2, 0.25) is 0 Å². The lowest BCUT2D eigenvalue weighted by Crippen LogP contribution is -2.39. The summed E-state index contributed by atoms with van der Waals surface area (Å²) in [5.41, 5.74) is 0.0999. The van der Waals surface area contributed by atoms with Gasteiger partial charge in [-0.15, -0.1) is 0 Å². The highest BCUT2D eigenvalue weighted by Gasteiger charge is 2.32. The number of pyridine rings is 1. The van der Waals surface area contributed by atoms with E-state index in [1.165, 1.54) is 0 Å². The lowest BCUT2D eigenvalue weighted by atomic mass is 10.2. The van der Waals surface area contributed by atoms with Gasteiger partial charge in [0.25, 0.3) is 0 Å². The highest BCUT2D eigenvalue weighted by molar-refractivity contribution is 5.68. The van der Waals surface area contributed by atoms with Crippen LogP contribution in [0.4, 0.5) is 10.6 Å². The first-order valence-electron chi connectivity index (χ1n) is 7.37. The molecule has 6 nitrogen and oxygen atoms in total. The molecule has 1 aliphatic rings. The molecule has 2 rings (SSSR count). The van der Waals surface area contributed by atoms with E-state index in [4.69, 9.17) is 10.00 Å². The van der Waals surface area contributed by atoms with Gasteiger partial charge in [0.15, 0.2) is 0 Å². The van der Waals surface area contributed by atoms with Gasteiger partial charge in [-0.05, 0) is 39.3 Å². The molecule has 22 heavy (non-hydrogen) atoms. The van der Waals surface area contributed by atoms with Crippen molar-refractivity contribution >= 4 is 11.9 Å². The third-order valence-electron chi connectivity index (χ3n) is 3.60. The van der Waals surface area contributed by atoms with Crippen LogP contribution in [0.1, 0.15) is 32.8 Å². The minimum absolute atomic E-state index is 0.175. The fraction of sp³-hybridized carbons (Fsp3) is 0.562. The van der Waals surface area contributed by atoms with Crippen LogP contribution in [0.2, 0.25) is 0 Å². The molecule has 1 amide bonds. The molecule has 0 unspecified atom stereocenters. The number of likely N-dealkylation sites (tertiary alicyclic amines) is 1. The van der Waals surface area contributed by atoms with Crippen LogP contribution < -0.4 is 4.90 Å². The highest BCUT2D eigenvalue weighted by Crippen LogP contribution is 2.22. The van der Waals surface area contributed by atoms with Crippen LogP contribution in [0.3, 0.4) is 0 Å². The SMILES string of the molecule is CN(c1cc(C#N)ccn1)[C@@H]1CCN(C(=O)OC(C)(C)C)C1. The largest absolute Gasteiger partial charge is 0.444 e. The molecule has 6 heteroatoms. The molecule has 1 aliphatic heterocycles. The van der Waals surface area contributed by atoms with Gasteiger partial charge in [-0.2, -0.15) is 5.26 Å². The van der Waals surface area contributed by atoms with Gasteiger partial charge >= 0.3 is 6.09 Å². The maximum absolute atomic E-state index is 12.1. The van der Waals surface area contributed by atoms with Crippen molar-refractivity contribution in [1.29, 1.82) is 5.26 Å². The van der Waals surface area contributed by atoms with Crippen molar-refractivity contribution in [3.05, 3.63) is 23.9 Å². The van der Waals surface area contributed by atoms with Crippen LogP contribution in [0.5, 0.6) is 0 Å². The van der Waals surface area contributed by atoms with Crippen molar-refractivity contribution in [2.75, 3.05) is 25.0 Å². The van der Waals surface area contributed by atoms with Crippen molar-refractivity contribution in [3.63, 3.8) is 0 Å². The Morgan fingerprint density at radius 3 is 2.91 bits per heavy atom. The van der Waals surface area contributed by atoms with Crippen LogP contribution in [-0.4, -0.2) is 47.8 Å². The third-order valence-corrected chi connectivity index (χ3v) is 3.60. The monoisotopic (exact) mass is 302 g/mol. The average molecular weight is 302 g/mol. The number of nitriles is 1.